The highest BCUT2D eigenvalue weighted by molar-refractivity contribution is 6.31. The molecule has 4 atom stereocenters. The fourth-order valence-electron chi connectivity index (χ4n) is 3.93. The first-order valence-electron chi connectivity index (χ1n) is 8.16. The summed E-state index contributed by atoms with van der Waals surface area (Å²) in [6.45, 7) is 2.69. The van der Waals surface area contributed by atoms with Crippen LogP contribution in [-0.2, 0) is 19.1 Å². The SMILES string of the molecule is CCCOC(=O)[C@H]1[C@H]2C=C[C@@]3(CN(c4cccc(Cl)c4)C(=O)[C@@H]13)O2. The molecule has 0 radical (unpaired) electrons. The van der Waals surface area contributed by atoms with Gasteiger partial charge in [-0.05, 0) is 24.6 Å². The zero-order valence-electron chi connectivity index (χ0n) is 13.3. The smallest absolute Gasteiger partial charge is 0.312 e. The van der Waals surface area contributed by atoms with Crippen LogP contribution in [0, 0.1) is 11.8 Å². The van der Waals surface area contributed by atoms with Gasteiger partial charge in [0.15, 0.2) is 0 Å². The van der Waals surface area contributed by atoms with Crippen LogP contribution in [0.15, 0.2) is 36.4 Å². The number of carbonyl (C=O) groups is 2. The first kappa shape index (κ1) is 15.7. The number of fused-ring (bicyclic) bond motifs is 1. The Morgan fingerprint density at radius 1 is 1.50 bits per heavy atom. The summed E-state index contributed by atoms with van der Waals surface area (Å²) in [6.07, 6.45) is 4.18. The molecule has 1 aromatic carbocycles. The van der Waals surface area contributed by atoms with Crippen molar-refractivity contribution in [3.8, 4) is 0 Å². The normalized spacial score (nSPS) is 33.2. The Labute approximate surface area is 145 Å². The van der Waals surface area contributed by atoms with Crippen molar-refractivity contribution in [2.75, 3.05) is 18.1 Å². The maximum Gasteiger partial charge on any atom is 0.312 e. The van der Waals surface area contributed by atoms with Gasteiger partial charge in [-0.3, -0.25) is 9.59 Å². The van der Waals surface area contributed by atoms with Crippen LogP contribution in [0.25, 0.3) is 0 Å². The number of anilines is 1. The van der Waals surface area contributed by atoms with Crippen molar-refractivity contribution in [3.05, 3.63) is 41.4 Å². The van der Waals surface area contributed by atoms with Crippen LogP contribution in [-0.4, -0.2) is 36.7 Å². The number of amides is 1. The van der Waals surface area contributed by atoms with Gasteiger partial charge in [-0.2, -0.15) is 0 Å². The maximum absolute atomic E-state index is 13.0. The zero-order valence-corrected chi connectivity index (χ0v) is 14.0. The summed E-state index contributed by atoms with van der Waals surface area (Å²) in [5, 5.41) is 0.564. The van der Waals surface area contributed by atoms with Gasteiger partial charge in [-0.1, -0.05) is 36.7 Å². The molecule has 0 N–H and O–H groups in total. The Hall–Kier alpha value is -1.85. The molecule has 5 nitrogen and oxygen atoms in total. The van der Waals surface area contributed by atoms with Gasteiger partial charge in [-0.15, -0.1) is 0 Å². The van der Waals surface area contributed by atoms with E-state index < -0.39 is 17.4 Å². The molecule has 1 amide bonds. The molecule has 6 heteroatoms. The standard InChI is InChI=1S/C18H18ClNO4/c1-2-8-23-17(22)14-13-6-7-18(24-13)10-20(16(21)15(14)18)12-5-3-4-11(19)9-12/h3-7,9,13-15H,2,8,10H2,1H3/t13-,14+,15-,18+/m1/s1. The molecule has 126 valence electrons. The minimum absolute atomic E-state index is 0.109. The molecule has 3 heterocycles. The average molecular weight is 348 g/mol. The van der Waals surface area contributed by atoms with E-state index >= 15 is 0 Å². The van der Waals surface area contributed by atoms with Gasteiger partial charge in [0.25, 0.3) is 0 Å². The number of ether oxygens (including phenoxy) is 2. The van der Waals surface area contributed by atoms with Crippen LogP contribution in [0.5, 0.6) is 0 Å². The topological polar surface area (TPSA) is 55.8 Å². The molecular formula is C18H18ClNO4. The predicted molar refractivity (Wildman–Crippen MR) is 88.8 cm³/mol. The number of halogens is 1. The summed E-state index contributed by atoms with van der Waals surface area (Å²) >= 11 is 6.05. The minimum Gasteiger partial charge on any atom is -0.465 e. The van der Waals surface area contributed by atoms with Crippen LogP contribution in [0.3, 0.4) is 0 Å². The summed E-state index contributed by atoms with van der Waals surface area (Å²) in [5.41, 5.74) is -0.0163. The molecule has 0 unspecified atom stereocenters. The largest absolute Gasteiger partial charge is 0.465 e. The molecule has 3 aliphatic rings. The molecule has 0 aromatic heterocycles. The number of benzene rings is 1. The fraction of sp³-hybridized carbons (Fsp3) is 0.444. The first-order valence-corrected chi connectivity index (χ1v) is 8.54. The van der Waals surface area contributed by atoms with Crippen LogP contribution in [0.2, 0.25) is 5.02 Å². The van der Waals surface area contributed by atoms with Gasteiger partial charge < -0.3 is 14.4 Å². The molecule has 24 heavy (non-hydrogen) atoms. The van der Waals surface area contributed by atoms with Gasteiger partial charge in [0.2, 0.25) is 5.91 Å². The third-order valence-corrected chi connectivity index (χ3v) is 5.18. The van der Waals surface area contributed by atoms with Gasteiger partial charge in [0.1, 0.15) is 11.5 Å². The third kappa shape index (κ3) is 2.19. The lowest BCUT2D eigenvalue weighted by Crippen LogP contribution is -2.40. The van der Waals surface area contributed by atoms with Crippen molar-refractivity contribution in [2.45, 2.75) is 25.0 Å². The van der Waals surface area contributed by atoms with E-state index in [1.54, 1.807) is 23.1 Å². The van der Waals surface area contributed by atoms with Crippen LogP contribution < -0.4 is 4.90 Å². The van der Waals surface area contributed by atoms with E-state index in [-0.39, 0.29) is 18.0 Å². The molecule has 2 saturated heterocycles. The Morgan fingerprint density at radius 2 is 2.33 bits per heavy atom. The van der Waals surface area contributed by atoms with E-state index in [1.165, 1.54) is 0 Å². The van der Waals surface area contributed by atoms with Gasteiger partial charge >= 0.3 is 5.97 Å². The lowest BCUT2D eigenvalue weighted by Gasteiger charge is -2.22. The second-order valence-corrected chi connectivity index (χ2v) is 6.91. The van der Waals surface area contributed by atoms with E-state index in [0.29, 0.717) is 18.2 Å². The van der Waals surface area contributed by atoms with Crippen molar-refractivity contribution >= 4 is 29.2 Å². The molecule has 1 spiro atoms. The average Bonchev–Trinajstić information content (AvgIpc) is 3.21. The number of esters is 1. The number of nitrogens with zero attached hydrogens (tertiary/aromatic N) is 1. The number of hydrogen-bond acceptors (Lipinski definition) is 4. The minimum atomic E-state index is -0.736. The van der Waals surface area contributed by atoms with Crippen molar-refractivity contribution in [2.24, 2.45) is 11.8 Å². The van der Waals surface area contributed by atoms with E-state index in [1.807, 2.05) is 25.1 Å². The molecule has 2 bridgehead atoms. The zero-order chi connectivity index (χ0) is 16.9. The summed E-state index contributed by atoms with van der Waals surface area (Å²) in [4.78, 5) is 27.1. The monoisotopic (exact) mass is 347 g/mol. The summed E-state index contributed by atoms with van der Waals surface area (Å²) in [7, 11) is 0. The lowest BCUT2D eigenvalue weighted by molar-refractivity contribution is -0.152. The molecule has 0 saturated carbocycles. The summed E-state index contributed by atoms with van der Waals surface area (Å²) in [6, 6.07) is 7.15. The van der Waals surface area contributed by atoms with Gasteiger partial charge in [0, 0.05) is 10.7 Å². The van der Waals surface area contributed by atoms with E-state index in [9.17, 15) is 9.59 Å². The Bertz CT molecular complexity index is 733. The molecular weight excluding hydrogens is 330 g/mol. The summed E-state index contributed by atoms with van der Waals surface area (Å²) < 4.78 is 11.3. The third-order valence-electron chi connectivity index (χ3n) is 4.94. The Kier molecular flexibility index (Phi) is 3.66. The second-order valence-electron chi connectivity index (χ2n) is 6.47. The van der Waals surface area contributed by atoms with Crippen molar-refractivity contribution in [1.29, 1.82) is 0 Å². The Balaban J connectivity index is 1.65. The lowest BCUT2D eigenvalue weighted by atomic mass is 9.77. The van der Waals surface area contributed by atoms with Crippen LogP contribution >= 0.6 is 11.6 Å². The number of carbonyl (C=O) groups excluding carboxylic acids is 2. The predicted octanol–water partition coefficient (Wildman–Crippen LogP) is 2.58. The molecule has 0 aliphatic carbocycles. The quantitative estimate of drug-likeness (QED) is 0.620. The maximum atomic E-state index is 13.0. The highest BCUT2D eigenvalue weighted by Gasteiger charge is 2.67. The van der Waals surface area contributed by atoms with Gasteiger partial charge in [-0.25, -0.2) is 0 Å². The number of hydrogen-bond donors (Lipinski definition) is 0. The second kappa shape index (κ2) is 5.60. The van der Waals surface area contributed by atoms with E-state index in [2.05, 4.69) is 0 Å². The highest BCUT2D eigenvalue weighted by atomic mass is 35.5. The van der Waals surface area contributed by atoms with Crippen LogP contribution in [0.4, 0.5) is 5.69 Å². The summed E-state index contributed by atoms with van der Waals surface area (Å²) in [5.74, 6) is -1.56. The molecule has 4 rings (SSSR count). The molecule has 2 fully saturated rings. The highest BCUT2D eigenvalue weighted by Crippen LogP contribution is 2.52. The number of rotatable bonds is 4. The van der Waals surface area contributed by atoms with Crippen molar-refractivity contribution in [1.82, 2.24) is 0 Å². The molecule has 3 aliphatic heterocycles. The van der Waals surface area contributed by atoms with Gasteiger partial charge in [0.05, 0.1) is 25.2 Å². The van der Waals surface area contributed by atoms with Crippen molar-refractivity contribution in [3.63, 3.8) is 0 Å². The fourth-order valence-corrected chi connectivity index (χ4v) is 4.11. The first-order chi connectivity index (χ1) is 11.6. The van der Waals surface area contributed by atoms with E-state index in [4.69, 9.17) is 21.1 Å². The molecule has 1 aromatic rings. The van der Waals surface area contributed by atoms with E-state index in [0.717, 1.165) is 12.1 Å². The van der Waals surface area contributed by atoms with Crippen LogP contribution in [0.1, 0.15) is 13.3 Å². The van der Waals surface area contributed by atoms with Crippen molar-refractivity contribution < 1.29 is 19.1 Å². The Morgan fingerprint density at radius 3 is 3.08 bits per heavy atom.